The van der Waals surface area contributed by atoms with Crippen molar-refractivity contribution >= 4 is 24.3 Å². The molecule has 0 radical (unpaired) electrons. The maximum absolute atomic E-state index is 9.85. The molecule has 0 fully saturated rings. The molecule has 11 heavy (non-hydrogen) atoms. The van der Waals surface area contributed by atoms with Crippen LogP contribution in [0.3, 0.4) is 0 Å². The summed E-state index contributed by atoms with van der Waals surface area (Å²) < 4.78 is 0. The molecule has 0 rings (SSSR count). The molecule has 0 saturated heterocycles. The third kappa shape index (κ3) is 6.03. The molecule has 1 unspecified atom stereocenters. The molecule has 2 atom stereocenters. The molecule has 0 aromatic heterocycles. The van der Waals surface area contributed by atoms with Gasteiger partial charge < -0.3 is 19.8 Å². The Labute approximate surface area is 68.6 Å². The average Bonchev–Trinajstić information content (AvgIpc) is 2.04. The van der Waals surface area contributed by atoms with Gasteiger partial charge in [-0.2, -0.15) is 11.8 Å². The molecule has 0 heterocycles. The molecule has 0 bridgehead atoms. The highest BCUT2D eigenvalue weighted by molar-refractivity contribution is 7.99. The van der Waals surface area contributed by atoms with Gasteiger partial charge in [0.2, 0.25) is 0 Å². The summed E-state index contributed by atoms with van der Waals surface area (Å²) in [7, 11) is 0. The van der Waals surface area contributed by atoms with E-state index in [4.69, 9.17) is 10.2 Å². The first kappa shape index (κ1) is 10.6. The summed E-state index contributed by atoms with van der Waals surface area (Å²) in [6.45, 7) is 0. The fourth-order valence-electron chi connectivity index (χ4n) is 0.388. The van der Waals surface area contributed by atoms with Crippen molar-refractivity contribution in [2.45, 2.75) is 12.2 Å². The number of aliphatic hydroxyl groups is 2. The van der Waals surface area contributed by atoms with Crippen LogP contribution < -0.4 is 0 Å². The van der Waals surface area contributed by atoms with Gasteiger partial charge in [-0.05, 0) is 0 Å². The van der Waals surface area contributed by atoms with Crippen LogP contribution in [-0.2, 0) is 9.59 Å². The molecule has 0 amide bonds. The Balaban J connectivity index is 3.26. The van der Waals surface area contributed by atoms with Crippen molar-refractivity contribution in [1.82, 2.24) is 0 Å². The Morgan fingerprint density at radius 1 is 1.09 bits per heavy atom. The van der Waals surface area contributed by atoms with Crippen LogP contribution >= 0.6 is 11.8 Å². The zero-order chi connectivity index (χ0) is 8.69. The maximum Gasteiger partial charge on any atom is 0.149 e. The fourth-order valence-corrected chi connectivity index (χ4v) is 1.16. The second-order valence-corrected chi connectivity index (χ2v) is 3.02. The number of hydrogen-bond donors (Lipinski definition) is 2. The highest BCUT2D eigenvalue weighted by Gasteiger charge is 2.04. The second kappa shape index (κ2) is 6.33. The molecule has 4 nitrogen and oxygen atoms in total. The highest BCUT2D eigenvalue weighted by atomic mass is 32.2. The van der Waals surface area contributed by atoms with Crippen molar-refractivity contribution in [3.8, 4) is 0 Å². The van der Waals surface area contributed by atoms with E-state index < -0.39 is 12.2 Å². The molecule has 2 N–H and O–H groups in total. The van der Waals surface area contributed by atoms with Crippen LogP contribution in [0.5, 0.6) is 0 Å². The van der Waals surface area contributed by atoms with E-state index in [1.165, 1.54) is 0 Å². The van der Waals surface area contributed by atoms with E-state index in [2.05, 4.69) is 0 Å². The molecular formula is C6H10O4S. The van der Waals surface area contributed by atoms with Gasteiger partial charge in [-0.15, -0.1) is 0 Å². The van der Waals surface area contributed by atoms with E-state index in [9.17, 15) is 9.59 Å². The molecule has 0 spiro atoms. The summed E-state index contributed by atoms with van der Waals surface area (Å²) in [6, 6.07) is 0. The van der Waals surface area contributed by atoms with E-state index in [-0.39, 0.29) is 11.5 Å². The maximum atomic E-state index is 9.85. The predicted octanol–water partition coefficient (Wildman–Crippen LogP) is -1.16. The van der Waals surface area contributed by atoms with Crippen LogP contribution in [0.4, 0.5) is 0 Å². The van der Waals surface area contributed by atoms with Crippen LogP contribution in [0.25, 0.3) is 0 Å². The molecule has 0 aromatic carbocycles. The first-order valence-electron chi connectivity index (χ1n) is 3.05. The minimum Gasteiger partial charge on any atom is -0.385 e. The zero-order valence-corrected chi connectivity index (χ0v) is 6.66. The Bertz CT molecular complexity index is 114. The van der Waals surface area contributed by atoms with Crippen LogP contribution in [0, 0.1) is 0 Å². The lowest BCUT2D eigenvalue weighted by atomic mass is 10.5. The Morgan fingerprint density at radius 3 is 1.73 bits per heavy atom. The van der Waals surface area contributed by atoms with Gasteiger partial charge >= 0.3 is 0 Å². The molecule has 0 aliphatic carbocycles. The first-order chi connectivity index (χ1) is 5.20. The topological polar surface area (TPSA) is 74.6 Å². The van der Waals surface area contributed by atoms with Crippen molar-refractivity contribution in [2.24, 2.45) is 0 Å². The van der Waals surface area contributed by atoms with Crippen molar-refractivity contribution in [1.29, 1.82) is 0 Å². The smallest absolute Gasteiger partial charge is 0.149 e. The lowest BCUT2D eigenvalue weighted by molar-refractivity contribution is -0.114. The van der Waals surface area contributed by atoms with E-state index in [0.29, 0.717) is 12.6 Å². The van der Waals surface area contributed by atoms with Gasteiger partial charge in [0.15, 0.2) is 0 Å². The molecule has 0 aliphatic rings. The van der Waals surface area contributed by atoms with E-state index in [1.54, 1.807) is 0 Å². The van der Waals surface area contributed by atoms with Gasteiger partial charge in [0.05, 0.1) is 0 Å². The number of carbonyl (C=O) groups is 2. The van der Waals surface area contributed by atoms with Crippen LogP contribution in [-0.4, -0.2) is 46.5 Å². The minimum atomic E-state index is -1.00. The number of aldehydes is 2. The number of carbonyl (C=O) groups excluding carboxylic acids is 2. The van der Waals surface area contributed by atoms with Crippen LogP contribution in [0.1, 0.15) is 0 Å². The van der Waals surface area contributed by atoms with Gasteiger partial charge in [-0.25, -0.2) is 0 Å². The van der Waals surface area contributed by atoms with Gasteiger partial charge in [0.1, 0.15) is 24.8 Å². The molecule has 0 aromatic rings. The third-order valence-corrected chi connectivity index (χ3v) is 2.05. The van der Waals surface area contributed by atoms with E-state index >= 15 is 0 Å². The number of thioether (sulfide) groups is 1. The number of aliphatic hydroxyl groups excluding tert-OH is 2. The van der Waals surface area contributed by atoms with Crippen molar-refractivity contribution in [3.05, 3.63) is 0 Å². The lowest BCUT2D eigenvalue weighted by Crippen LogP contribution is -2.16. The lowest BCUT2D eigenvalue weighted by Gasteiger charge is -2.03. The summed E-state index contributed by atoms with van der Waals surface area (Å²) in [6.07, 6.45) is -1.17. The van der Waals surface area contributed by atoms with E-state index in [1.807, 2.05) is 0 Å². The predicted molar refractivity (Wildman–Crippen MR) is 41.5 cm³/mol. The van der Waals surface area contributed by atoms with Crippen molar-refractivity contribution in [2.75, 3.05) is 11.5 Å². The summed E-state index contributed by atoms with van der Waals surface area (Å²) in [5.74, 6) is 0.433. The van der Waals surface area contributed by atoms with E-state index in [0.717, 1.165) is 11.8 Å². The standard InChI is InChI=1S/C6H10O4S/c7-1-5(9)3-11-4-6(10)2-8/h1-2,5-6,9-10H,3-4H2/t5-,6?/m0/s1. The highest BCUT2D eigenvalue weighted by Crippen LogP contribution is 2.02. The fraction of sp³-hybridized carbons (Fsp3) is 0.667. The minimum absolute atomic E-state index is 0.217. The normalized spacial score (nSPS) is 15.5. The Hall–Kier alpha value is -0.390. The Kier molecular flexibility index (Phi) is 6.10. The van der Waals surface area contributed by atoms with Crippen molar-refractivity contribution in [3.63, 3.8) is 0 Å². The van der Waals surface area contributed by atoms with Crippen LogP contribution in [0.2, 0.25) is 0 Å². The number of rotatable bonds is 6. The molecule has 0 saturated carbocycles. The van der Waals surface area contributed by atoms with Gasteiger partial charge in [-0.3, -0.25) is 0 Å². The number of hydrogen-bond acceptors (Lipinski definition) is 5. The molecular weight excluding hydrogens is 168 g/mol. The third-order valence-electron chi connectivity index (χ3n) is 0.891. The van der Waals surface area contributed by atoms with Crippen molar-refractivity contribution < 1.29 is 19.8 Å². The summed E-state index contributed by atoms with van der Waals surface area (Å²) >= 11 is 1.16. The van der Waals surface area contributed by atoms with Crippen LogP contribution in [0.15, 0.2) is 0 Å². The summed E-state index contributed by atoms with van der Waals surface area (Å²) in [4.78, 5) is 19.7. The monoisotopic (exact) mass is 178 g/mol. The SMILES string of the molecule is O=CC(O)CSC[C@@H](O)C=O. The first-order valence-corrected chi connectivity index (χ1v) is 4.20. The van der Waals surface area contributed by atoms with Gasteiger partial charge in [-0.1, -0.05) is 0 Å². The largest absolute Gasteiger partial charge is 0.385 e. The second-order valence-electron chi connectivity index (χ2n) is 1.94. The molecule has 64 valence electrons. The Morgan fingerprint density at radius 2 is 1.45 bits per heavy atom. The quantitative estimate of drug-likeness (QED) is 0.502. The summed E-state index contributed by atoms with van der Waals surface area (Å²) in [5, 5.41) is 17.4. The summed E-state index contributed by atoms with van der Waals surface area (Å²) in [5.41, 5.74) is 0. The van der Waals surface area contributed by atoms with Gasteiger partial charge in [0.25, 0.3) is 0 Å². The zero-order valence-electron chi connectivity index (χ0n) is 5.84. The molecule has 0 aliphatic heterocycles. The molecule has 5 heteroatoms. The average molecular weight is 178 g/mol. The van der Waals surface area contributed by atoms with Gasteiger partial charge in [0, 0.05) is 11.5 Å².